The highest BCUT2D eigenvalue weighted by Crippen LogP contribution is 2.58. The summed E-state index contributed by atoms with van der Waals surface area (Å²) >= 11 is 0. The van der Waals surface area contributed by atoms with E-state index in [4.69, 9.17) is 4.74 Å². The summed E-state index contributed by atoms with van der Waals surface area (Å²) < 4.78 is 148. The second-order valence-electron chi connectivity index (χ2n) is 6.42. The SMILES string of the molecule is CCCCOc1cccc(C(O)CC(F)(F)C(F)(F)C(F)(F)C(F)(F)C(F)(F)F)c1. The minimum atomic E-state index is -7.49. The lowest BCUT2D eigenvalue weighted by molar-refractivity contribution is -0.423. The smallest absolute Gasteiger partial charge is 0.460 e. The van der Waals surface area contributed by atoms with Gasteiger partial charge in [0.1, 0.15) is 5.75 Å². The molecule has 1 aromatic rings. The summed E-state index contributed by atoms with van der Waals surface area (Å²) in [6, 6.07) is 4.28. The zero-order valence-electron chi connectivity index (χ0n) is 15.2. The molecule has 0 amide bonds. The van der Waals surface area contributed by atoms with E-state index in [2.05, 4.69) is 0 Å². The van der Waals surface area contributed by atoms with Crippen molar-refractivity contribution in [2.75, 3.05) is 6.61 Å². The number of aliphatic hydroxyl groups is 1. The maximum atomic E-state index is 13.8. The molecule has 1 aromatic carbocycles. The van der Waals surface area contributed by atoms with Gasteiger partial charge >= 0.3 is 29.9 Å². The van der Waals surface area contributed by atoms with Crippen LogP contribution in [0.15, 0.2) is 24.3 Å². The van der Waals surface area contributed by atoms with E-state index in [-0.39, 0.29) is 12.4 Å². The standard InChI is InChI=1S/C17H17F11O2/c1-2-3-7-30-11-6-4-5-10(8-11)12(29)9-13(18,19)14(20,21)15(22,23)16(24,25)17(26,27)28/h4-6,8,12,29H,2-3,7,9H2,1H3. The summed E-state index contributed by atoms with van der Waals surface area (Å²) in [6.07, 6.45) is -11.1. The number of rotatable bonds is 10. The van der Waals surface area contributed by atoms with E-state index >= 15 is 0 Å². The number of benzene rings is 1. The van der Waals surface area contributed by atoms with Crippen molar-refractivity contribution in [1.29, 1.82) is 0 Å². The van der Waals surface area contributed by atoms with E-state index in [1.54, 1.807) is 0 Å². The maximum absolute atomic E-state index is 13.8. The van der Waals surface area contributed by atoms with Gasteiger partial charge < -0.3 is 9.84 Å². The molecule has 0 saturated heterocycles. The highest BCUT2D eigenvalue weighted by atomic mass is 19.4. The largest absolute Gasteiger partial charge is 0.494 e. The first-order valence-electron chi connectivity index (χ1n) is 8.41. The molecule has 0 saturated carbocycles. The Balaban J connectivity index is 3.12. The number of aliphatic hydroxyl groups excluding tert-OH is 1. The number of ether oxygens (including phenoxy) is 1. The lowest BCUT2D eigenvalue weighted by Crippen LogP contribution is -2.66. The van der Waals surface area contributed by atoms with Crippen LogP contribution in [-0.4, -0.2) is 41.6 Å². The van der Waals surface area contributed by atoms with E-state index in [9.17, 15) is 53.4 Å². The Bertz CT molecular complexity index is 701. The van der Waals surface area contributed by atoms with Gasteiger partial charge in [0.15, 0.2) is 0 Å². The summed E-state index contributed by atoms with van der Waals surface area (Å²) in [5.74, 6) is -28.2. The van der Waals surface area contributed by atoms with E-state index < -0.39 is 48.0 Å². The van der Waals surface area contributed by atoms with Crippen LogP contribution in [0.3, 0.4) is 0 Å². The molecule has 0 bridgehead atoms. The van der Waals surface area contributed by atoms with Gasteiger partial charge in [-0.3, -0.25) is 0 Å². The van der Waals surface area contributed by atoms with Gasteiger partial charge in [0.2, 0.25) is 0 Å². The molecule has 0 spiro atoms. The minimum Gasteiger partial charge on any atom is -0.494 e. The average molecular weight is 462 g/mol. The minimum absolute atomic E-state index is 0.00371. The van der Waals surface area contributed by atoms with Gasteiger partial charge in [0, 0.05) is 6.42 Å². The fourth-order valence-electron chi connectivity index (χ4n) is 2.24. The Morgan fingerprint density at radius 2 is 1.43 bits per heavy atom. The van der Waals surface area contributed by atoms with Crippen molar-refractivity contribution in [3.8, 4) is 5.75 Å². The third-order valence-electron chi connectivity index (χ3n) is 4.06. The maximum Gasteiger partial charge on any atom is 0.460 e. The first kappa shape index (κ1) is 26.2. The van der Waals surface area contributed by atoms with Crippen molar-refractivity contribution in [2.24, 2.45) is 0 Å². The first-order valence-corrected chi connectivity index (χ1v) is 8.41. The molecule has 0 radical (unpaired) electrons. The van der Waals surface area contributed by atoms with Gasteiger partial charge in [-0.1, -0.05) is 25.5 Å². The molecule has 1 unspecified atom stereocenters. The predicted molar refractivity (Wildman–Crippen MR) is 82.3 cm³/mol. The van der Waals surface area contributed by atoms with Gasteiger partial charge in [0.05, 0.1) is 12.7 Å². The normalized spacial score (nSPS) is 15.2. The zero-order valence-corrected chi connectivity index (χ0v) is 15.2. The van der Waals surface area contributed by atoms with Crippen molar-refractivity contribution >= 4 is 0 Å². The molecule has 30 heavy (non-hydrogen) atoms. The molecule has 13 heteroatoms. The van der Waals surface area contributed by atoms with Crippen molar-refractivity contribution in [3.05, 3.63) is 29.8 Å². The molecule has 174 valence electrons. The fraction of sp³-hybridized carbons (Fsp3) is 0.647. The third kappa shape index (κ3) is 4.92. The van der Waals surface area contributed by atoms with E-state index in [0.29, 0.717) is 6.42 Å². The Morgan fingerprint density at radius 1 is 0.867 bits per heavy atom. The van der Waals surface area contributed by atoms with E-state index in [0.717, 1.165) is 24.6 Å². The van der Waals surface area contributed by atoms with Crippen molar-refractivity contribution in [3.63, 3.8) is 0 Å². The van der Waals surface area contributed by atoms with Crippen molar-refractivity contribution in [2.45, 2.75) is 62.2 Å². The van der Waals surface area contributed by atoms with Crippen LogP contribution in [0, 0.1) is 0 Å². The molecule has 1 rings (SSSR count). The van der Waals surface area contributed by atoms with Crippen LogP contribution in [0.25, 0.3) is 0 Å². The van der Waals surface area contributed by atoms with Crippen LogP contribution >= 0.6 is 0 Å². The van der Waals surface area contributed by atoms with Crippen molar-refractivity contribution in [1.82, 2.24) is 0 Å². The van der Waals surface area contributed by atoms with Gasteiger partial charge in [-0.25, -0.2) is 0 Å². The van der Waals surface area contributed by atoms with Crippen LogP contribution in [-0.2, 0) is 0 Å². The summed E-state index contributed by atoms with van der Waals surface area (Å²) in [5, 5.41) is 9.72. The molecule has 2 nitrogen and oxygen atoms in total. The summed E-state index contributed by atoms with van der Waals surface area (Å²) in [4.78, 5) is 0. The van der Waals surface area contributed by atoms with Crippen LogP contribution in [0.5, 0.6) is 5.75 Å². The van der Waals surface area contributed by atoms with Gasteiger partial charge in [-0.05, 0) is 24.1 Å². The topological polar surface area (TPSA) is 29.5 Å². The van der Waals surface area contributed by atoms with Crippen LogP contribution < -0.4 is 4.74 Å². The number of halogens is 11. The highest BCUT2D eigenvalue weighted by molar-refractivity contribution is 5.30. The summed E-state index contributed by atoms with van der Waals surface area (Å²) in [6.45, 7) is 1.99. The second kappa shape index (κ2) is 8.75. The Kier molecular flexibility index (Phi) is 7.66. The van der Waals surface area contributed by atoms with Crippen LogP contribution in [0.2, 0.25) is 0 Å². The molecule has 0 aliphatic carbocycles. The first-order chi connectivity index (χ1) is 13.4. The Hall–Kier alpha value is -1.79. The number of hydrogen-bond acceptors (Lipinski definition) is 2. The van der Waals surface area contributed by atoms with Crippen molar-refractivity contribution < 1.29 is 58.1 Å². The number of alkyl halides is 11. The molecule has 0 heterocycles. The zero-order chi connectivity index (χ0) is 23.6. The van der Waals surface area contributed by atoms with Crippen LogP contribution in [0.4, 0.5) is 48.3 Å². The average Bonchev–Trinajstić information content (AvgIpc) is 2.60. The summed E-state index contributed by atoms with van der Waals surface area (Å²) in [7, 11) is 0. The second-order valence-corrected chi connectivity index (χ2v) is 6.42. The van der Waals surface area contributed by atoms with Gasteiger partial charge in [-0.2, -0.15) is 48.3 Å². The van der Waals surface area contributed by atoms with E-state index in [1.807, 2.05) is 6.92 Å². The predicted octanol–water partition coefficient (Wildman–Crippen LogP) is 6.39. The summed E-state index contributed by atoms with van der Waals surface area (Å²) in [5.41, 5.74) is -0.523. The Labute approximate surface area is 163 Å². The lowest BCUT2D eigenvalue weighted by atomic mass is 9.92. The monoisotopic (exact) mass is 462 g/mol. The molecule has 0 aliphatic rings. The highest BCUT2D eigenvalue weighted by Gasteiger charge is 2.87. The fourth-order valence-corrected chi connectivity index (χ4v) is 2.24. The molecular formula is C17H17F11O2. The number of hydrogen-bond donors (Lipinski definition) is 1. The quantitative estimate of drug-likeness (QED) is 0.323. The van der Waals surface area contributed by atoms with Gasteiger partial charge in [-0.15, -0.1) is 0 Å². The van der Waals surface area contributed by atoms with E-state index in [1.165, 1.54) is 6.07 Å². The Morgan fingerprint density at radius 3 is 1.93 bits per heavy atom. The molecule has 0 aromatic heterocycles. The molecular weight excluding hydrogens is 445 g/mol. The third-order valence-corrected chi connectivity index (χ3v) is 4.06. The van der Waals surface area contributed by atoms with Gasteiger partial charge in [0.25, 0.3) is 0 Å². The molecule has 0 aliphatic heterocycles. The molecule has 1 N–H and O–H groups in total. The number of unbranched alkanes of at least 4 members (excludes halogenated alkanes) is 1. The van der Waals surface area contributed by atoms with Crippen LogP contribution in [0.1, 0.15) is 37.9 Å². The lowest BCUT2D eigenvalue weighted by Gasteiger charge is -2.37. The molecule has 1 atom stereocenters. The molecule has 0 fully saturated rings.